The molecular weight excluding hydrogens is 318 g/mol. The number of hydrogen-bond donors (Lipinski definition) is 2. The molecule has 25 heavy (non-hydrogen) atoms. The molecule has 2 N–H and O–H groups in total. The van der Waals surface area contributed by atoms with Gasteiger partial charge in [-0.3, -0.25) is 4.79 Å². The summed E-state index contributed by atoms with van der Waals surface area (Å²) in [5.74, 6) is -1.69. The third-order valence-electron chi connectivity index (χ3n) is 5.11. The molecule has 1 heterocycles. The molecule has 1 saturated carbocycles. The van der Waals surface area contributed by atoms with E-state index in [-0.39, 0.29) is 23.3 Å². The fourth-order valence-electron chi connectivity index (χ4n) is 3.44. The first-order chi connectivity index (χ1) is 11.6. The Morgan fingerprint density at radius 3 is 2.48 bits per heavy atom. The average Bonchev–Trinajstić information content (AvgIpc) is 2.95. The van der Waals surface area contributed by atoms with E-state index in [0.29, 0.717) is 11.8 Å². The van der Waals surface area contributed by atoms with Crippen molar-refractivity contribution >= 4 is 5.91 Å². The summed E-state index contributed by atoms with van der Waals surface area (Å²) in [6.45, 7) is 8.45. The van der Waals surface area contributed by atoms with Crippen LogP contribution in [-0.2, 0) is 5.91 Å². The first-order valence-electron chi connectivity index (χ1n) is 8.60. The molecule has 1 fully saturated rings. The van der Waals surface area contributed by atoms with Gasteiger partial charge in [0.2, 0.25) is 0 Å². The van der Waals surface area contributed by atoms with Crippen LogP contribution in [0.5, 0.6) is 0 Å². The average molecular weight is 347 g/mol. The molecule has 1 aliphatic carbocycles. The van der Waals surface area contributed by atoms with Crippen LogP contribution in [0, 0.1) is 11.8 Å². The van der Waals surface area contributed by atoms with Gasteiger partial charge in [0.15, 0.2) is 0 Å². The summed E-state index contributed by atoms with van der Waals surface area (Å²) < 4.78 is 0. The number of hydrogen-bond acceptors (Lipinski definition) is 5. The summed E-state index contributed by atoms with van der Waals surface area (Å²) in [6.07, 6.45) is 1.55. The molecule has 1 aliphatic rings. The molecule has 0 aromatic carbocycles. The van der Waals surface area contributed by atoms with E-state index in [2.05, 4.69) is 25.4 Å². The fourth-order valence-corrected chi connectivity index (χ4v) is 3.44. The molecule has 1 aromatic rings. The highest BCUT2D eigenvalue weighted by atomic mass is 16.5. The summed E-state index contributed by atoms with van der Waals surface area (Å²) in [4.78, 5) is 19.2. The lowest BCUT2D eigenvalue weighted by Crippen LogP contribution is -2.49. The minimum atomic E-state index is -2.25. The molecular formula is C19H29N3O3. The zero-order chi connectivity index (χ0) is 18.9. The number of carbonyl (C=O) groups is 1. The van der Waals surface area contributed by atoms with Crippen molar-refractivity contribution in [2.45, 2.75) is 38.6 Å². The third kappa shape index (κ3) is 3.92. The smallest absolute Gasteiger partial charge is 0.271 e. The van der Waals surface area contributed by atoms with Crippen molar-refractivity contribution in [3.63, 3.8) is 0 Å². The molecule has 0 bridgehead atoms. The van der Waals surface area contributed by atoms with Gasteiger partial charge in [0, 0.05) is 20.1 Å². The molecule has 6 heteroatoms. The van der Waals surface area contributed by atoms with E-state index in [1.165, 1.54) is 15.9 Å². The molecule has 1 amide bonds. The highest BCUT2D eigenvalue weighted by Crippen LogP contribution is 2.40. The second-order valence-electron chi connectivity index (χ2n) is 7.46. The summed E-state index contributed by atoms with van der Waals surface area (Å²) in [7, 11) is 4.93. The Labute approximate surface area is 149 Å². The number of aromatic nitrogens is 1. The molecule has 1 aromatic heterocycles. The lowest BCUT2D eigenvalue weighted by molar-refractivity contribution is -0.280. The van der Waals surface area contributed by atoms with E-state index < -0.39 is 5.91 Å². The van der Waals surface area contributed by atoms with Crippen LogP contribution in [0.15, 0.2) is 30.4 Å². The van der Waals surface area contributed by atoms with Gasteiger partial charge >= 0.3 is 0 Å². The van der Waals surface area contributed by atoms with Gasteiger partial charge in [-0.1, -0.05) is 32.1 Å². The molecule has 2 atom stereocenters. The molecule has 138 valence electrons. The molecule has 2 unspecified atom stereocenters. The number of aliphatic hydroxyl groups is 2. The number of amides is 1. The van der Waals surface area contributed by atoms with Crippen molar-refractivity contribution in [2.75, 3.05) is 21.1 Å². The van der Waals surface area contributed by atoms with Crippen molar-refractivity contribution in [1.82, 2.24) is 14.8 Å². The van der Waals surface area contributed by atoms with Gasteiger partial charge in [-0.05, 0) is 43.9 Å². The topological polar surface area (TPSA) is 76.9 Å². The van der Waals surface area contributed by atoms with E-state index in [1.807, 2.05) is 0 Å². The van der Waals surface area contributed by atoms with Crippen LogP contribution in [0.4, 0.5) is 0 Å². The Kier molecular flexibility index (Phi) is 5.66. The fraction of sp³-hybridized carbons (Fsp3) is 0.579. The van der Waals surface area contributed by atoms with Crippen LogP contribution < -0.4 is 0 Å². The molecule has 0 aliphatic heterocycles. The van der Waals surface area contributed by atoms with Gasteiger partial charge < -0.3 is 15.1 Å². The van der Waals surface area contributed by atoms with Crippen LogP contribution >= 0.6 is 0 Å². The highest BCUT2D eigenvalue weighted by Gasteiger charge is 2.42. The van der Waals surface area contributed by atoms with Crippen molar-refractivity contribution < 1.29 is 15.0 Å². The van der Waals surface area contributed by atoms with E-state index in [9.17, 15) is 15.0 Å². The Hall–Kier alpha value is -1.76. The Morgan fingerprint density at radius 1 is 1.32 bits per heavy atom. The Morgan fingerprint density at radius 2 is 1.96 bits per heavy atom. The van der Waals surface area contributed by atoms with Crippen LogP contribution in [0.2, 0.25) is 0 Å². The second-order valence-corrected chi connectivity index (χ2v) is 7.46. The predicted octanol–water partition coefficient (Wildman–Crippen LogP) is 1.80. The zero-order valence-electron chi connectivity index (χ0n) is 15.7. The number of rotatable bonds is 5. The standard InChI is InChI=1S/C19H29N3O3/c1-12(2)15-11-14(10-13(15)3)22(6)19(24,25)17-9-7-8-16(20-17)18(23)21(4)5/h7-9,12,14-15,24-25H,3,10-11H2,1-2,4-6H3. The van der Waals surface area contributed by atoms with Gasteiger partial charge in [-0.25, -0.2) is 9.88 Å². The van der Waals surface area contributed by atoms with E-state index in [4.69, 9.17) is 0 Å². The van der Waals surface area contributed by atoms with Crippen molar-refractivity contribution in [3.05, 3.63) is 41.7 Å². The maximum Gasteiger partial charge on any atom is 0.271 e. The SMILES string of the molecule is C=C1CC(N(C)C(O)(O)c2cccc(C(=O)N(C)C)n2)CC1C(C)C. The highest BCUT2D eigenvalue weighted by molar-refractivity contribution is 5.91. The first kappa shape index (κ1) is 19.6. The molecule has 0 radical (unpaired) electrons. The Balaban J connectivity index is 2.25. The Bertz CT molecular complexity index is 655. The summed E-state index contributed by atoms with van der Waals surface area (Å²) in [5.41, 5.74) is 1.37. The normalized spacial score (nSPS) is 21.2. The van der Waals surface area contributed by atoms with Gasteiger partial charge in [0.05, 0.1) is 0 Å². The van der Waals surface area contributed by atoms with Crippen LogP contribution in [0.3, 0.4) is 0 Å². The van der Waals surface area contributed by atoms with E-state index >= 15 is 0 Å². The maximum atomic E-state index is 12.1. The van der Waals surface area contributed by atoms with Crippen molar-refractivity contribution in [1.29, 1.82) is 0 Å². The van der Waals surface area contributed by atoms with Crippen LogP contribution in [0.1, 0.15) is 42.9 Å². The molecule has 2 rings (SSSR count). The van der Waals surface area contributed by atoms with Gasteiger partial charge in [-0.2, -0.15) is 0 Å². The summed E-state index contributed by atoms with van der Waals surface area (Å²) in [5, 5.41) is 21.5. The molecule has 0 spiro atoms. The van der Waals surface area contributed by atoms with Crippen molar-refractivity contribution in [2.24, 2.45) is 11.8 Å². The predicted molar refractivity (Wildman–Crippen MR) is 96.6 cm³/mol. The number of pyridine rings is 1. The first-order valence-corrected chi connectivity index (χ1v) is 8.60. The van der Waals surface area contributed by atoms with Gasteiger partial charge in [0.1, 0.15) is 11.4 Å². The summed E-state index contributed by atoms with van der Waals surface area (Å²) in [6, 6.07) is 4.66. The van der Waals surface area contributed by atoms with Crippen LogP contribution in [0.25, 0.3) is 0 Å². The van der Waals surface area contributed by atoms with Crippen molar-refractivity contribution in [3.8, 4) is 0 Å². The minimum Gasteiger partial charge on any atom is -0.348 e. The molecule has 0 saturated heterocycles. The van der Waals surface area contributed by atoms with E-state index in [0.717, 1.165) is 18.4 Å². The second kappa shape index (κ2) is 7.23. The zero-order valence-corrected chi connectivity index (χ0v) is 15.7. The third-order valence-corrected chi connectivity index (χ3v) is 5.11. The summed E-state index contributed by atoms with van der Waals surface area (Å²) >= 11 is 0. The lowest BCUT2D eigenvalue weighted by Gasteiger charge is -2.36. The number of carbonyl (C=O) groups excluding carboxylic acids is 1. The maximum absolute atomic E-state index is 12.1. The molecule has 6 nitrogen and oxygen atoms in total. The van der Waals surface area contributed by atoms with E-state index in [1.54, 1.807) is 33.3 Å². The van der Waals surface area contributed by atoms with Gasteiger partial charge in [0.25, 0.3) is 11.8 Å². The van der Waals surface area contributed by atoms with Gasteiger partial charge in [-0.15, -0.1) is 0 Å². The van der Waals surface area contributed by atoms with Crippen LogP contribution in [-0.4, -0.2) is 58.1 Å². The minimum absolute atomic E-state index is 0.0371. The quantitative estimate of drug-likeness (QED) is 0.627. The number of nitrogens with zero attached hydrogens (tertiary/aromatic N) is 3. The lowest BCUT2D eigenvalue weighted by atomic mass is 9.91. The monoisotopic (exact) mass is 347 g/mol. The largest absolute Gasteiger partial charge is 0.348 e.